The standard InChI is InChI=1S/C16H25NO3S/c1-5-20-15-7-6-13(12(2)17-3)10-14(15)11-21-9-8-16(18)19-4/h6-7,10,12,17H,5,8-9,11H2,1-4H3. The summed E-state index contributed by atoms with van der Waals surface area (Å²) in [4.78, 5) is 11.1. The van der Waals surface area contributed by atoms with Crippen molar-refractivity contribution in [2.24, 2.45) is 0 Å². The van der Waals surface area contributed by atoms with Gasteiger partial charge in [0.1, 0.15) is 5.75 Å². The molecule has 1 atom stereocenters. The van der Waals surface area contributed by atoms with Crippen LogP contribution in [0.1, 0.15) is 37.4 Å². The third-order valence-corrected chi connectivity index (χ3v) is 4.26. The van der Waals surface area contributed by atoms with Crippen molar-refractivity contribution < 1.29 is 14.3 Å². The number of rotatable bonds is 9. The van der Waals surface area contributed by atoms with Gasteiger partial charge in [-0.15, -0.1) is 0 Å². The minimum Gasteiger partial charge on any atom is -0.494 e. The molecule has 0 radical (unpaired) electrons. The maximum absolute atomic E-state index is 11.1. The number of benzene rings is 1. The number of methoxy groups -OCH3 is 1. The van der Waals surface area contributed by atoms with Gasteiger partial charge < -0.3 is 14.8 Å². The van der Waals surface area contributed by atoms with Gasteiger partial charge in [0.15, 0.2) is 0 Å². The SMILES string of the molecule is CCOc1ccc(C(C)NC)cc1CSCCC(=O)OC. The van der Waals surface area contributed by atoms with E-state index in [4.69, 9.17) is 4.74 Å². The van der Waals surface area contributed by atoms with Gasteiger partial charge in [-0.1, -0.05) is 6.07 Å². The average molecular weight is 311 g/mol. The van der Waals surface area contributed by atoms with Crippen LogP contribution >= 0.6 is 11.8 Å². The average Bonchev–Trinajstić information content (AvgIpc) is 2.51. The zero-order valence-electron chi connectivity index (χ0n) is 13.3. The normalized spacial score (nSPS) is 12.0. The second-order valence-electron chi connectivity index (χ2n) is 4.69. The van der Waals surface area contributed by atoms with Crippen molar-refractivity contribution >= 4 is 17.7 Å². The Balaban J connectivity index is 2.69. The summed E-state index contributed by atoms with van der Waals surface area (Å²) in [7, 11) is 3.37. The largest absolute Gasteiger partial charge is 0.494 e. The van der Waals surface area contributed by atoms with Crippen LogP contribution in [0.4, 0.5) is 0 Å². The third-order valence-electron chi connectivity index (χ3n) is 3.25. The highest BCUT2D eigenvalue weighted by Crippen LogP contribution is 2.27. The van der Waals surface area contributed by atoms with E-state index in [1.165, 1.54) is 18.2 Å². The zero-order valence-corrected chi connectivity index (χ0v) is 14.1. The van der Waals surface area contributed by atoms with Gasteiger partial charge in [0.2, 0.25) is 0 Å². The van der Waals surface area contributed by atoms with Crippen LogP contribution in [0.25, 0.3) is 0 Å². The molecule has 4 nitrogen and oxygen atoms in total. The lowest BCUT2D eigenvalue weighted by Crippen LogP contribution is -2.12. The van der Waals surface area contributed by atoms with Crippen LogP contribution in [0.5, 0.6) is 5.75 Å². The van der Waals surface area contributed by atoms with Crippen molar-refractivity contribution in [1.29, 1.82) is 0 Å². The van der Waals surface area contributed by atoms with E-state index in [1.807, 2.05) is 20.0 Å². The van der Waals surface area contributed by atoms with E-state index in [1.54, 1.807) is 11.8 Å². The molecule has 1 unspecified atom stereocenters. The van der Waals surface area contributed by atoms with Crippen molar-refractivity contribution in [2.75, 3.05) is 26.5 Å². The predicted octanol–water partition coefficient (Wildman–Crippen LogP) is 3.16. The van der Waals surface area contributed by atoms with Gasteiger partial charge in [-0.3, -0.25) is 4.79 Å². The lowest BCUT2D eigenvalue weighted by Gasteiger charge is -2.15. The number of hydrogen-bond acceptors (Lipinski definition) is 5. The molecule has 1 aromatic rings. The highest BCUT2D eigenvalue weighted by atomic mass is 32.2. The number of nitrogens with one attached hydrogen (secondary N) is 1. The molecule has 1 aromatic carbocycles. The van der Waals surface area contributed by atoms with Crippen LogP contribution in [0.15, 0.2) is 18.2 Å². The summed E-state index contributed by atoms with van der Waals surface area (Å²) in [5.74, 6) is 2.35. The van der Waals surface area contributed by atoms with Crippen LogP contribution in [-0.2, 0) is 15.3 Å². The van der Waals surface area contributed by atoms with E-state index in [0.29, 0.717) is 19.1 Å². The molecule has 0 aromatic heterocycles. The lowest BCUT2D eigenvalue weighted by molar-refractivity contribution is -0.140. The minimum absolute atomic E-state index is 0.162. The van der Waals surface area contributed by atoms with Crippen LogP contribution in [-0.4, -0.2) is 32.5 Å². The third kappa shape index (κ3) is 5.98. The summed E-state index contributed by atoms with van der Waals surface area (Å²) in [5.41, 5.74) is 2.41. The van der Waals surface area contributed by atoms with Crippen LogP contribution in [0.2, 0.25) is 0 Å². The molecule has 0 aliphatic carbocycles. The molecule has 21 heavy (non-hydrogen) atoms. The molecule has 118 valence electrons. The van der Waals surface area contributed by atoms with Crippen molar-refractivity contribution in [3.05, 3.63) is 29.3 Å². The first kappa shape index (κ1) is 17.9. The first-order valence-corrected chi connectivity index (χ1v) is 8.35. The monoisotopic (exact) mass is 311 g/mol. The quantitative estimate of drug-likeness (QED) is 0.561. The number of carbonyl (C=O) groups excluding carboxylic acids is 1. The van der Waals surface area contributed by atoms with Gasteiger partial charge in [-0.05, 0) is 38.6 Å². The van der Waals surface area contributed by atoms with E-state index < -0.39 is 0 Å². The van der Waals surface area contributed by atoms with E-state index in [0.717, 1.165) is 17.3 Å². The molecule has 0 fully saturated rings. The van der Waals surface area contributed by atoms with E-state index in [2.05, 4.69) is 29.1 Å². The number of thioether (sulfide) groups is 1. The van der Waals surface area contributed by atoms with Gasteiger partial charge in [0.05, 0.1) is 20.1 Å². The Morgan fingerprint density at radius 1 is 1.43 bits per heavy atom. The second-order valence-corrected chi connectivity index (χ2v) is 5.79. The van der Waals surface area contributed by atoms with E-state index >= 15 is 0 Å². The molecule has 0 amide bonds. The van der Waals surface area contributed by atoms with Gasteiger partial charge in [-0.2, -0.15) is 11.8 Å². The highest BCUT2D eigenvalue weighted by molar-refractivity contribution is 7.98. The molecule has 0 saturated heterocycles. The van der Waals surface area contributed by atoms with Gasteiger partial charge >= 0.3 is 5.97 Å². The highest BCUT2D eigenvalue weighted by Gasteiger charge is 2.09. The number of carbonyl (C=O) groups is 1. The van der Waals surface area contributed by atoms with E-state index in [9.17, 15) is 4.79 Å². The molecule has 0 aliphatic heterocycles. The molecule has 1 rings (SSSR count). The number of ether oxygens (including phenoxy) is 2. The topological polar surface area (TPSA) is 47.6 Å². The fraction of sp³-hybridized carbons (Fsp3) is 0.562. The van der Waals surface area contributed by atoms with Gasteiger partial charge in [0.25, 0.3) is 0 Å². The maximum atomic E-state index is 11.1. The number of hydrogen-bond donors (Lipinski definition) is 1. The molecule has 0 spiro atoms. The van der Waals surface area contributed by atoms with Crippen LogP contribution < -0.4 is 10.1 Å². The second kappa shape index (κ2) is 9.68. The Morgan fingerprint density at radius 3 is 2.81 bits per heavy atom. The molecule has 0 saturated carbocycles. The Labute approximate surface area is 131 Å². The first-order valence-electron chi connectivity index (χ1n) is 7.19. The molecular weight excluding hydrogens is 286 g/mol. The maximum Gasteiger partial charge on any atom is 0.306 e. The Morgan fingerprint density at radius 2 is 2.19 bits per heavy atom. The van der Waals surface area contributed by atoms with Crippen molar-refractivity contribution in [3.63, 3.8) is 0 Å². The summed E-state index contributed by atoms with van der Waals surface area (Å²) in [6.45, 7) is 4.77. The van der Waals surface area contributed by atoms with Crippen LogP contribution in [0.3, 0.4) is 0 Å². The predicted molar refractivity (Wildman–Crippen MR) is 87.9 cm³/mol. The summed E-state index contributed by atoms with van der Waals surface area (Å²) >= 11 is 1.72. The molecule has 0 bridgehead atoms. The first-order chi connectivity index (χ1) is 10.1. The summed E-state index contributed by atoms with van der Waals surface area (Å²) in [6.07, 6.45) is 0.442. The van der Waals surface area contributed by atoms with Crippen molar-refractivity contribution in [1.82, 2.24) is 5.32 Å². The van der Waals surface area contributed by atoms with Gasteiger partial charge in [0, 0.05) is 23.1 Å². The molecule has 5 heteroatoms. The van der Waals surface area contributed by atoms with E-state index in [-0.39, 0.29) is 5.97 Å². The number of esters is 1. The summed E-state index contributed by atoms with van der Waals surface area (Å²) in [5, 5.41) is 3.24. The zero-order chi connectivity index (χ0) is 15.7. The Bertz CT molecular complexity index is 451. The fourth-order valence-electron chi connectivity index (χ4n) is 1.88. The molecule has 1 N–H and O–H groups in total. The molecular formula is C16H25NO3S. The fourth-order valence-corrected chi connectivity index (χ4v) is 2.79. The lowest BCUT2D eigenvalue weighted by atomic mass is 10.1. The Kier molecular flexibility index (Phi) is 8.23. The van der Waals surface area contributed by atoms with Crippen LogP contribution in [0, 0.1) is 0 Å². The van der Waals surface area contributed by atoms with Crippen molar-refractivity contribution in [2.45, 2.75) is 32.1 Å². The smallest absolute Gasteiger partial charge is 0.306 e. The Hall–Kier alpha value is -1.20. The van der Waals surface area contributed by atoms with Crippen molar-refractivity contribution in [3.8, 4) is 5.75 Å². The van der Waals surface area contributed by atoms with Gasteiger partial charge in [-0.25, -0.2) is 0 Å². The summed E-state index contributed by atoms with van der Waals surface area (Å²) in [6, 6.07) is 6.61. The molecule has 0 aliphatic rings. The summed E-state index contributed by atoms with van der Waals surface area (Å²) < 4.78 is 10.3. The minimum atomic E-state index is -0.162. The molecule has 0 heterocycles.